The van der Waals surface area contributed by atoms with Crippen molar-refractivity contribution in [2.45, 2.75) is 26.7 Å². The quantitative estimate of drug-likeness (QED) is 0.228. The average Bonchev–Trinajstić information content (AvgIpc) is 3.54. The normalized spacial score (nSPS) is 6.88. The first-order valence-corrected chi connectivity index (χ1v) is 9.71. The minimum Gasteiger partial charge on any atom is -1.00 e. The fourth-order valence-electron chi connectivity index (χ4n) is 1.44. The number of halogens is 2. The van der Waals surface area contributed by atoms with Gasteiger partial charge in [-0.05, 0) is 13.3 Å². The molecule has 0 aliphatic heterocycles. The Morgan fingerprint density at radius 1 is 0.500 bits per heavy atom. The van der Waals surface area contributed by atoms with Gasteiger partial charge < -0.3 is 35.0 Å². The minimum atomic E-state index is 0. The van der Waals surface area contributed by atoms with Crippen molar-refractivity contribution < 1.29 is 86.7 Å². The summed E-state index contributed by atoms with van der Waals surface area (Å²) in [6, 6.07) is 40.0. The van der Waals surface area contributed by atoms with Crippen LogP contribution in [0.1, 0.15) is 26.7 Å². The fraction of sp³-hybridized carbons (Fsp3) is 0.231. The standard InChI is InChI=1S/4C5H5.C4H10O.C2H6O.2ClH.2Hf/c4*1-2-4-5-3-1;1-2-3-4-5;1-2-3;;;;/h4*1-5H;5H,2-4H2,1H3;3H,2H2,1H3;2*1H;;/q4*-1;;;;;;/p-2. The molecule has 0 saturated heterocycles. The van der Waals surface area contributed by atoms with Gasteiger partial charge in [-0.15, -0.1) is 0 Å². The third kappa shape index (κ3) is 51.9. The molecular formula is C26H36Cl2Hf2O2-6. The van der Waals surface area contributed by atoms with Crippen LogP contribution in [-0.2, 0) is 51.7 Å². The number of hydrogen-bond donors (Lipinski definition) is 2. The maximum absolute atomic E-state index is 8.07. The Morgan fingerprint density at radius 3 is 0.719 bits per heavy atom. The smallest absolute Gasteiger partial charge is 0.0430 e. The maximum atomic E-state index is 8.07. The minimum absolute atomic E-state index is 0. The van der Waals surface area contributed by atoms with Crippen LogP contribution < -0.4 is 24.8 Å². The van der Waals surface area contributed by atoms with Gasteiger partial charge in [0.05, 0.1) is 0 Å². The Kier molecular flexibility index (Phi) is 68.0. The molecule has 0 fully saturated rings. The van der Waals surface area contributed by atoms with Crippen LogP contribution >= 0.6 is 0 Å². The molecule has 0 aliphatic rings. The predicted octanol–water partition coefficient (Wildman–Crippen LogP) is 0.402. The van der Waals surface area contributed by atoms with Crippen LogP contribution in [-0.4, -0.2) is 23.4 Å². The van der Waals surface area contributed by atoms with Gasteiger partial charge in [0.25, 0.3) is 0 Å². The largest absolute Gasteiger partial charge is 1.00 e. The van der Waals surface area contributed by atoms with Crippen LogP contribution in [0.4, 0.5) is 0 Å². The number of aliphatic hydroxyl groups excluding tert-OH is 2. The van der Waals surface area contributed by atoms with Crippen molar-refractivity contribution in [3.63, 3.8) is 0 Å². The molecule has 0 heterocycles. The van der Waals surface area contributed by atoms with E-state index in [1.165, 1.54) is 0 Å². The summed E-state index contributed by atoms with van der Waals surface area (Å²) in [5, 5.41) is 15.6. The van der Waals surface area contributed by atoms with E-state index >= 15 is 0 Å². The molecule has 6 heteroatoms. The molecule has 4 rings (SSSR count). The molecule has 0 amide bonds. The molecule has 0 spiro atoms. The first kappa shape index (κ1) is 45.2. The molecule has 32 heavy (non-hydrogen) atoms. The van der Waals surface area contributed by atoms with Crippen molar-refractivity contribution in [1.82, 2.24) is 0 Å². The first-order chi connectivity index (χ1) is 13.8. The maximum Gasteiger partial charge on any atom is 0.0430 e. The van der Waals surface area contributed by atoms with Gasteiger partial charge >= 0.3 is 0 Å². The molecule has 0 radical (unpaired) electrons. The number of hydrogen-bond acceptors (Lipinski definition) is 2. The molecule has 0 saturated carbocycles. The van der Waals surface area contributed by atoms with Gasteiger partial charge in [-0.1, -0.05) is 13.3 Å². The summed E-state index contributed by atoms with van der Waals surface area (Å²) < 4.78 is 0. The summed E-state index contributed by atoms with van der Waals surface area (Å²) in [4.78, 5) is 0. The first-order valence-electron chi connectivity index (χ1n) is 9.71. The van der Waals surface area contributed by atoms with Crippen LogP contribution in [0.25, 0.3) is 0 Å². The molecule has 0 unspecified atom stereocenters. The van der Waals surface area contributed by atoms with E-state index in [1.54, 1.807) is 6.92 Å². The molecule has 0 aliphatic carbocycles. The van der Waals surface area contributed by atoms with E-state index in [0.29, 0.717) is 6.61 Å². The second-order valence-corrected chi connectivity index (χ2v) is 5.24. The summed E-state index contributed by atoms with van der Waals surface area (Å²) >= 11 is 0. The molecule has 0 aromatic heterocycles. The van der Waals surface area contributed by atoms with Crippen molar-refractivity contribution in [2.24, 2.45) is 0 Å². The Bertz CT molecular complexity index is 419. The van der Waals surface area contributed by atoms with Crippen LogP contribution in [0.2, 0.25) is 0 Å². The zero-order valence-corrected chi connectivity index (χ0v) is 27.7. The van der Waals surface area contributed by atoms with Crippen molar-refractivity contribution in [2.75, 3.05) is 13.2 Å². The number of rotatable bonds is 2. The summed E-state index contributed by atoms with van der Waals surface area (Å²) in [5.74, 6) is 0. The Morgan fingerprint density at radius 2 is 0.688 bits per heavy atom. The average molecular weight is 808 g/mol. The SMILES string of the molecule is CCCCO.CCO.[Cl-].[Cl-].[Hf].[Hf].c1cc[cH-]c1.c1cc[cH-]c1.c1cc[cH-]c1.c1cc[cH-]c1. The molecule has 2 nitrogen and oxygen atoms in total. The van der Waals surface area contributed by atoms with E-state index in [4.69, 9.17) is 10.2 Å². The summed E-state index contributed by atoms with van der Waals surface area (Å²) in [6.07, 6.45) is 2.04. The van der Waals surface area contributed by atoms with Crippen LogP contribution in [0.3, 0.4) is 0 Å². The van der Waals surface area contributed by atoms with Gasteiger partial charge in [0.15, 0.2) is 0 Å². The monoisotopic (exact) mass is 810 g/mol. The zero-order chi connectivity index (χ0) is 21.0. The van der Waals surface area contributed by atoms with Crippen LogP contribution in [0, 0.1) is 0 Å². The third-order valence-corrected chi connectivity index (χ3v) is 2.73. The molecule has 4 aromatic rings. The fourth-order valence-corrected chi connectivity index (χ4v) is 1.44. The zero-order valence-electron chi connectivity index (χ0n) is 19.0. The Balaban J connectivity index is -0.0000000623. The van der Waals surface area contributed by atoms with Crippen molar-refractivity contribution in [3.05, 3.63) is 121 Å². The van der Waals surface area contributed by atoms with Crippen LogP contribution in [0.5, 0.6) is 0 Å². The van der Waals surface area contributed by atoms with Crippen molar-refractivity contribution >= 4 is 0 Å². The molecular weight excluding hydrogens is 772 g/mol. The molecule has 0 atom stereocenters. The molecule has 2 N–H and O–H groups in total. The van der Waals surface area contributed by atoms with Crippen molar-refractivity contribution in [3.8, 4) is 0 Å². The Hall–Kier alpha value is -0.360. The predicted molar refractivity (Wildman–Crippen MR) is 123 cm³/mol. The van der Waals surface area contributed by atoms with Crippen molar-refractivity contribution in [1.29, 1.82) is 0 Å². The topological polar surface area (TPSA) is 40.5 Å². The van der Waals surface area contributed by atoms with Crippen LogP contribution in [0.15, 0.2) is 121 Å². The third-order valence-electron chi connectivity index (χ3n) is 2.73. The van der Waals surface area contributed by atoms with Gasteiger partial charge in [0.1, 0.15) is 0 Å². The number of unbranched alkanes of at least 4 members (excludes halogenated alkanes) is 1. The van der Waals surface area contributed by atoms with Gasteiger partial charge in [-0.3, -0.25) is 0 Å². The van der Waals surface area contributed by atoms with Gasteiger partial charge in [0, 0.05) is 64.9 Å². The van der Waals surface area contributed by atoms with E-state index in [-0.39, 0.29) is 83.1 Å². The number of aliphatic hydroxyl groups is 2. The summed E-state index contributed by atoms with van der Waals surface area (Å²) in [5.41, 5.74) is 0. The van der Waals surface area contributed by atoms with E-state index in [2.05, 4.69) is 6.92 Å². The second-order valence-electron chi connectivity index (χ2n) is 5.24. The van der Waals surface area contributed by atoms with E-state index in [1.807, 2.05) is 121 Å². The summed E-state index contributed by atoms with van der Waals surface area (Å²) in [7, 11) is 0. The molecule has 180 valence electrons. The van der Waals surface area contributed by atoms with Gasteiger partial charge in [0.2, 0.25) is 0 Å². The second kappa shape index (κ2) is 48.2. The van der Waals surface area contributed by atoms with E-state index in [9.17, 15) is 0 Å². The Labute approximate surface area is 245 Å². The molecule has 4 aromatic carbocycles. The van der Waals surface area contributed by atoms with Gasteiger partial charge in [-0.2, -0.15) is 72.8 Å². The summed E-state index contributed by atoms with van der Waals surface area (Å²) in [6.45, 7) is 4.33. The molecule has 0 bridgehead atoms. The van der Waals surface area contributed by atoms with Gasteiger partial charge in [-0.25, -0.2) is 48.5 Å². The van der Waals surface area contributed by atoms with E-state index in [0.717, 1.165) is 12.8 Å². The van der Waals surface area contributed by atoms with E-state index < -0.39 is 0 Å².